The van der Waals surface area contributed by atoms with Crippen LogP contribution in [0.4, 0.5) is 4.79 Å². The number of nitrogens with one attached hydrogen (secondary N) is 1. The number of rotatable bonds is 5. The Kier molecular flexibility index (Phi) is 6.58. The molecular formula is C12H23N3O4. The lowest BCUT2D eigenvalue weighted by atomic mass is 10.1. The maximum absolute atomic E-state index is 11.7. The normalized spacial score (nSPS) is 17.9. The Hall–Kier alpha value is -1.34. The fourth-order valence-corrected chi connectivity index (χ4v) is 1.98. The number of carbonyl (C=O) groups excluding carboxylic acids is 2. The second-order valence-electron chi connectivity index (χ2n) is 4.53. The molecule has 1 unspecified atom stereocenters. The standard InChI is InChI=1S/C12H23N3O4/c1-3-19-12(17)15-6-4-9(5-7-15)14-11(16)10(13)8-18-2/h9-10H,3-8,13H2,1-2H3,(H,14,16). The molecule has 0 aliphatic carbocycles. The third-order valence-corrected chi connectivity index (χ3v) is 3.05. The average molecular weight is 273 g/mol. The van der Waals surface area contributed by atoms with Crippen molar-refractivity contribution in [2.24, 2.45) is 5.73 Å². The van der Waals surface area contributed by atoms with Gasteiger partial charge in [0.1, 0.15) is 6.04 Å². The molecule has 19 heavy (non-hydrogen) atoms. The van der Waals surface area contributed by atoms with Crippen LogP contribution in [-0.4, -0.2) is 62.4 Å². The monoisotopic (exact) mass is 273 g/mol. The van der Waals surface area contributed by atoms with Crippen LogP contribution < -0.4 is 11.1 Å². The van der Waals surface area contributed by atoms with Crippen molar-refractivity contribution in [3.63, 3.8) is 0 Å². The number of nitrogens with zero attached hydrogens (tertiary/aromatic N) is 1. The Morgan fingerprint density at radius 3 is 2.58 bits per heavy atom. The lowest BCUT2D eigenvalue weighted by Gasteiger charge is -2.32. The molecule has 3 N–H and O–H groups in total. The van der Waals surface area contributed by atoms with Crippen molar-refractivity contribution < 1.29 is 19.1 Å². The summed E-state index contributed by atoms with van der Waals surface area (Å²) in [5.41, 5.74) is 5.64. The lowest BCUT2D eigenvalue weighted by molar-refractivity contribution is -0.124. The summed E-state index contributed by atoms with van der Waals surface area (Å²) in [5.74, 6) is -0.212. The van der Waals surface area contributed by atoms with Gasteiger partial charge < -0.3 is 25.4 Å². The molecule has 1 aliphatic rings. The molecule has 0 spiro atoms. The van der Waals surface area contributed by atoms with E-state index in [1.54, 1.807) is 11.8 Å². The molecule has 7 nitrogen and oxygen atoms in total. The summed E-state index contributed by atoms with van der Waals surface area (Å²) >= 11 is 0. The van der Waals surface area contributed by atoms with Gasteiger partial charge in [0.15, 0.2) is 0 Å². The molecule has 2 amide bonds. The molecule has 0 aromatic rings. The molecule has 0 saturated carbocycles. The van der Waals surface area contributed by atoms with Crippen LogP contribution in [0.15, 0.2) is 0 Å². The van der Waals surface area contributed by atoms with Gasteiger partial charge >= 0.3 is 6.09 Å². The molecule has 0 bridgehead atoms. The zero-order valence-electron chi connectivity index (χ0n) is 11.6. The zero-order valence-corrected chi connectivity index (χ0v) is 11.6. The predicted molar refractivity (Wildman–Crippen MR) is 69.6 cm³/mol. The van der Waals surface area contributed by atoms with Gasteiger partial charge in [0, 0.05) is 26.2 Å². The van der Waals surface area contributed by atoms with Crippen LogP contribution in [0, 0.1) is 0 Å². The highest BCUT2D eigenvalue weighted by Gasteiger charge is 2.25. The quantitative estimate of drug-likeness (QED) is 0.717. The molecule has 0 aromatic carbocycles. The predicted octanol–water partition coefficient (Wildman–Crippen LogP) is -0.303. The molecule has 1 saturated heterocycles. The van der Waals surface area contributed by atoms with E-state index in [-0.39, 0.29) is 24.6 Å². The topological polar surface area (TPSA) is 93.9 Å². The minimum absolute atomic E-state index is 0.0566. The summed E-state index contributed by atoms with van der Waals surface area (Å²) in [6.45, 7) is 3.53. The van der Waals surface area contributed by atoms with Crippen LogP contribution in [-0.2, 0) is 14.3 Å². The van der Waals surface area contributed by atoms with Gasteiger partial charge in [0.25, 0.3) is 0 Å². The van der Waals surface area contributed by atoms with Gasteiger partial charge in [-0.25, -0.2) is 4.79 Å². The fraction of sp³-hybridized carbons (Fsp3) is 0.833. The van der Waals surface area contributed by atoms with Crippen molar-refractivity contribution in [3.05, 3.63) is 0 Å². The molecule has 1 atom stereocenters. The van der Waals surface area contributed by atoms with E-state index in [2.05, 4.69) is 5.32 Å². The highest BCUT2D eigenvalue weighted by Crippen LogP contribution is 2.11. The van der Waals surface area contributed by atoms with Crippen molar-refractivity contribution in [2.75, 3.05) is 33.4 Å². The molecule has 110 valence electrons. The van der Waals surface area contributed by atoms with Gasteiger partial charge in [-0.2, -0.15) is 0 Å². The highest BCUT2D eigenvalue weighted by atomic mass is 16.6. The van der Waals surface area contributed by atoms with E-state index in [0.717, 1.165) is 0 Å². The van der Waals surface area contributed by atoms with Gasteiger partial charge in [-0.1, -0.05) is 0 Å². The third kappa shape index (κ3) is 5.04. The average Bonchev–Trinajstić information content (AvgIpc) is 2.40. The van der Waals surface area contributed by atoms with Crippen LogP contribution in [0.25, 0.3) is 0 Å². The van der Waals surface area contributed by atoms with Crippen LogP contribution in [0.5, 0.6) is 0 Å². The molecule has 1 aliphatic heterocycles. The van der Waals surface area contributed by atoms with E-state index in [9.17, 15) is 9.59 Å². The maximum Gasteiger partial charge on any atom is 0.409 e. The number of ether oxygens (including phenoxy) is 2. The first-order valence-corrected chi connectivity index (χ1v) is 6.55. The van der Waals surface area contributed by atoms with Gasteiger partial charge in [-0.15, -0.1) is 0 Å². The summed E-state index contributed by atoms with van der Waals surface area (Å²) in [7, 11) is 1.50. The second-order valence-corrected chi connectivity index (χ2v) is 4.53. The number of amides is 2. The summed E-state index contributed by atoms with van der Waals surface area (Å²) in [5, 5.41) is 2.87. The minimum Gasteiger partial charge on any atom is -0.450 e. The highest BCUT2D eigenvalue weighted by molar-refractivity contribution is 5.81. The number of methoxy groups -OCH3 is 1. The number of hydrogen-bond donors (Lipinski definition) is 2. The van der Waals surface area contributed by atoms with Gasteiger partial charge in [-0.05, 0) is 19.8 Å². The van der Waals surface area contributed by atoms with E-state index in [1.807, 2.05) is 0 Å². The number of hydrogen-bond acceptors (Lipinski definition) is 5. The molecule has 0 radical (unpaired) electrons. The number of carbonyl (C=O) groups is 2. The SMILES string of the molecule is CCOC(=O)N1CCC(NC(=O)C(N)COC)CC1. The van der Waals surface area contributed by atoms with Gasteiger partial charge in [-0.3, -0.25) is 4.79 Å². The van der Waals surface area contributed by atoms with Crippen molar-refractivity contribution in [3.8, 4) is 0 Å². The van der Waals surface area contributed by atoms with E-state index >= 15 is 0 Å². The molecule has 1 rings (SSSR count). The molecule has 1 heterocycles. The minimum atomic E-state index is -0.645. The maximum atomic E-state index is 11.7. The van der Waals surface area contributed by atoms with Crippen LogP contribution in [0.3, 0.4) is 0 Å². The first kappa shape index (κ1) is 15.7. The Balaban J connectivity index is 2.30. The van der Waals surface area contributed by atoms with Gasteiger partial charge in [0.05, 0.1) is 13.2 Å². The first-order chi connectivity index (χ1) is 9.08. The van der Waals surface area contributed by atoms with E-state index in [4.69, 9.17) is 15.2 Å². The largest absolute Gasteiger partial charge is 0.450 e. The summed E-state index contributed by atoms with van der Waals surface area (Å²) in [6.07, 6.45) is 1.14. The van der Waals surface area contributed by atoms with E-state index in [1.165, 1.54) is 7.11 Å². The van der Waals surface area contributed by atoms with Gasteiger partial charge in [0.2, 0.25) is 5.91 Å². The van der Waals surface area contributed by atoms with Crippen molar-refractivity contribution in [1.29, 1.82) is 0 Å². The summed E-state index contributed by atoms with van der Waals surface area (Å²) in [6, 6.07) is -0.589. The number of piperidine rings is 1. The summed E-state index contributed by atoms with van der Waals surface area (Å²) in [4.78, 5) is 24.9. The Bertz CT molecular complexity index is 303. The van der Waals surface area contributed by atoms with E-state index in [0.29, 0.717) is 32.5 Å². The van der Waals surface area contributed by atoms with Crippen molar-refractivity contribution >= 4 is 12.0 Å². The first-order valence-electron chi connectivity index (χ1n) is 6.55. The summed E-state index contributed by atoms with van der Waals surface area (Å²) < 4.78 is 9.77. The molecular weight excluding hydrogens is 250 g/mol. The second kappa shape index (κ2) is 7.96. The fourth-order valence-electron chi connectivity index (χ4n) is 1.98. The molecule has 7 heteroatoms. The van der Waals surface area contributed by atoms with Crippen LogP contribution in [0.2, 0.25) is 0 Å². The third-order valence-electron chi connectivity index (χ3n) is 3.05. The van der Waals surface area contributed by atoms with Crippen LogP contribution >= 0.6 is 0 Å². The number of likely N-dealkylation sites (tertiary alicyclic amines) is 1. The lowest BCUT2D eigenvalue weighted by Crippen LogP contribution is -2.51. The Morgan fingerprint density at radius 1 is 1.42 bits per heavy atom. The Morgan fingerprint density at radius 2 is 2.05 bits per heavy atom. The molecule has 1 fully saturated rings. The van der Waals surface area contributed by atoms with Crippen LogP contribution in [0.1, 0.15) is 19.8 Å². The zero-order chi connectivity index (χ0) is 14.3. The van der Waals surface area contributed by atoms with Crippen molar-refractivity contribution in [1.82, 2.24) is 10.2 Å². The molecule has 0 aromatic heterocycles. The van der Waals surface area contributed by atoms with E-state index < -0.39 is 6.04 Å². The number of nitrogens with two attached hydrogens (primary N) is 1. The van der Waals surface area contributed by atoms with Crippen molar-refractivity contribution in [2.45, 2.75) is 31.8 Å². The smallest absolute Gasteiger partial charge is 0.409 e. The Labute approximate surface area is 113 Å².